The molecule has 1 saturated heterocycles. The van der Waals surface area contributed by atoms with E-state index in [9.17, 15) is 0 Å². The average molecular weight is 263 g/mol. The zero-order valence-corrected chi connectivity index (χ0v) is 12.5. The van der Waals surface area contributed by atoms with Crippen molar-refractivity contribution in [3.63, 3.8) is 0 Å². The number of hydrogen-bond acceptors (Lipinski definition) is 3. The summed E-state index contributed by atoms with van der Waals surface area (Å²) >= 11 is 0. The number of methoxy groups -OCH3 is 1. The lowest BCUT2D eigenvalue weighted by atomic mass is 9.71. The molecule has 1 aromatic rings. The molecule has 0 unspecified atom stereocenters. The zero-order chi connectivity index (χ0) is 14.0. The van der Waals surface area contributed by atoms with Crippen LogP contribution < -0.4 is 10.5 Å². The van der Waals surface area contributed by atoms with Crippen LogP contribution in [0, 0.1) is 20.8 Å². The molecule has 1 heterocycles. The molecule has 3 nitrogen and oxygen atoms in total. The van der Waals surface area contributed by atoms with E-state index >= 15 is 0 Å². The minimum Gasteiger partial charge on any atom is -0.496 e. The Morgan fingerprint density at radius 1 is 1.26 bits per heavy atom. The van der Waals surface area contributed by atoms with Crippen molar-refractivity contribution in [1.82, 2.24) is 0 Å². The van der Waals surface area contributed by atoms with E-state index < -0.39 is 0 Å². The van der Waals surface area contributed by atoms with Crippen molar-refractivity contribution in [1.29, 1.82) is 0 Å². The van der Waals surface area contributed by atoms with E-state index in [1.807, 2.05) is 0 Å². The number of rotatable bonds is 5. The van der Waals surface area contributed by atoms with Gasteiger partial charge in [0.2, 0.25) is 0 Å². The molecule has 106 valence electrons. The van der Waals surface area contributed by atoms with Crippen molar-refractivity contribution in [2.75, 3.05) is 26.9 Å². The van der Waals surface area contributed by atoms with Crippen LogP contribution in [0.25, 0.3) is 0 Å². The Hall–Kier alpha value is -1.06. The summed E-state index contributed by atoms with van der Waals surface area (Å²) in [5.74, 6) is 0.980. The van der Waals surface area contributed by atoms with Crippen molar-refractivity contribution < 1.29 is 9.47 Å². The smallest absolute Gasteiger partial charge is 0.122 e. The maximum Gasteiger partial charge on any atom is 0.122 e. The van der Waals surface area contributed by atoms with Gasteiger partial charge in [-0.3, -0.25) is 0 Å². The second kappa shape index (κ2) is 5.51. The fraction of sp³-hybridized carbons (Fsp3) is 0.625. The number of benzene rings is 1. The minimum absolute atomic E-state index is 0.171. The predicted molar refractivity (Wildman–Crippen MR) is 78.0 cm³/mol. The van der Waals surface area contributed by atoms with Crippen LogP contribution in [0.2, 0.25) is 0 Å². The third kappa shape index (κ3) is 2.37. The topological polar surface area (TPSA) is 44.5 Å². The first-order valence-corrected chi connectivity index (χ1v) is 6.99. The minimum atomic E-state index is 0.171. The van der Waals surface area contributed by atoms with Gasteiger partial charge in [-0.15, -0.1) is 0 Å². The van der Waals surface area contributed by atoms with E-state index in [1.54, 1.807) is 7.11 Å². The molecule has 0 amide bonds. The van der Waals surface area contributed by atoms with Gasteiger partial charge >= 0.3 is 0 Å². The summed E-state index contributed by atoms with van der Waals surface area (Å²) in [6.45, 7) is 8.89. The molecule has 1 aliphatic heterocycles. The van der Waals surface area contributed by atoms with Gasteiger partial charge in [0, 0.05) is 5.41 Å². The van der Waals surface area contributed by atoms with Gasteiger partial charge in [-0.05, 0) is 68.5 Å². The fourth-order valence-electron chi connectivity index (χ4n) is 3.28. The Kier molecular flexibility index (Phi) is 4.16. The van der Waals surface area contributed by atoms with Crippen LogP contribution in [0.4, 0.5) is 0 Å². The Morgan fingerprint density at radius 3 is 2.42 bits per heavy atom. The first-order chi connectivity index (χ1) is 9.05. The Bertz CT molecular complexity index is 464. The maximum absolute atomic E-state index is 5.68. The van der Waals surface area contributed by atoms with E-state index in [0.717, 1.165) is 38.3 Å². The van der Waals surface area contributed by atoms with Crippen molar-refractivity contribution in [2.45, 2.75) is 39.0 Å². The van der Waals surface area contributed by atoms with Crippen molar-refractivity contribution >= 4 is 0 Å². The second-order valence-electron chi connectivity index (χ2n) is 5.69. The number of ether oxygens (including phenoxy) is 2. The van der Waals surface area contributed by atoms with Crippen molar-refractivity contribution in [2.24, 2.45) is 5.73 Å². The van der Waals surface area contributed by atoms with Crippen LogP contribution in [-0.4, -0.2) is 26.9 Å². The average Bonchev–Trinajstić information content (AvgIpc) is 2.35. The molecule has 0 saturated carbocycles. The van der Waals surface area contributed by atoms with Gasteiger partial charge in [0.15, 0.2) is 0 Å². The standard InChI is InChI=1S/C16H25NO2/c1-11-8-14(18-4)12(2)13(3)15(11)16(6-5-7-17)9-19-10-16/h8H,5-7,9-10,17H2,1-4H3. The van der Waals surface area contributed by atoms with Crippen LogP contribution in [-0.2, 0) is 10.2 Å². The van der Waals surface area contributed by atoms with Gasteiger partial charge in [0.25, 0.3) is 0 Å². The molecular weight excluding hydrogens is 238 g/mol. The number of hydrogen-bond donors (Lipinski definition) is 1. The highest BCUT2D eigenvalue weighted by molar-refractivity contribution is 5.52. The summed E-state index contributed by atoms with van der Waals surface area (Å²) in [5, 5.41) is 0. The number of nitrogens with two attached hydrogens (primary N) is 1. The molecule has 2 N–H and O–H groups in total. The van der Waals surface area contributed by atoms with Crippen molar-refractivity contribution in [3.8, 4) is 5.75 Å². The Labute approximate surface area is 116 Å². The molecule has 0 bridgehead atoms. The molecule has 1 aromatic carbocycles. The fourth-order valence-corrected chi connectivity index (χ4v) is 3.28. The molecule has 0 aliphatic carbocycles. The summed E-state index contributed by atoms with van der Waals surface area (Å²) in [6, 6.07) is 2.15. The van der Waals surface area contributed by atoms with E-state index in [0.29, 0.717) is 0 Å². The third-order valence-corrected chi connectivity index (χ3v) is 4.42. The lowest BCUT2D eigenvalue weighted by Crippen LogP contribution is -2.48. The van der Waals surface area contributed by atoms with Crippen LogP contribution in [0.1, 0.15) is 35.1 Å². The molecule has 3 heteroatoms. The van der Waals surface area contributed by atoms with Crippen LogP contribution in [0.15, 0.2) is 6.07 Å². The zero-order valence-electron chi connectivity index (χ0n) is 12.5. The molecule has 1 fully saturated rings. The SMILES string of the molecule is COc1cc(C)c(C2(CCCN)COC2)c(C)c1C. The summed E-state index contributed by atoms with van der Waals surface area (Å²) in [5.41, 5.74) is 11.2. The predicted octanol–water partition coefficient (Wildman–Crippen LogP) is 2.63. The highest BCUT2D eigenvalue weighted by Gasteiger charge is 2.42. The van der Waals surface area contributed by atoms with Gasteiger partial charge in [-0.2, -0.15) is 0 Å². The second-order valence-corrected chi connectivity index (χ2v) is 5.69. The third-order valence-electron chi connectivity index (χ3n) is 4.42. The highest BCUT2D eigenvalue weighted by Crippen LogP contribution is 2.42. The highest BCUT2D eigenvalue weighted by atomic mass is 16.5. The molecular formula is C16H25NO2. The van der Waals surface area contributed by atoms with Gasteiger partial charge in [0.05, 0.1) is 20.3 Å². The summed E-state index contributed by atoms with van der Waals surface area (Å²) in [4.78, 5) is 0. The molecule has 0 spiro atoms. The maximum atomic E-state index is 5.68. The lowest BCUT2D eigenvalue weighted by molar-refractivity contribution is -0.0655. The van der Waals surface area contributed by atoms with E-state index in [4.69, 9.17) is 15.2 Å². The summed E-state index contributed by atoms with van der Waals surface area (Å²) in [6.07, 6.45) is 2.16. The molecule has 0 atom stereocenters. The Balaban J connectivity index is 2.46. The summed E-state index contributed by atoms with van der Waals surface area (Å²) < 4.78 is 11.0. The van der Waals surface area contributed by atoms with E-state index in [1.165, 1.54) is 22.3 Å². The summed E-state index contributed by atoms with van der Waals surface area (Å²) in [7, 11) is 1.73. The largest absolute Gasteiger partial charge is 0.496 e. The van der Waals surface area contributed by atoms with E-state index in [2.05, 4.69) is 26.8 Å². The molecule has 0 aromatic heterocycles. The number of aryl methyl sites for hydroxylation is 1. The molecule has 0 radical (unpaired) electrons. The quantitative estimate of drug-likeness (QED) is 0.888. The van der Waals surface area contributed by atoms with Gasteiger partial charge in [-0.25, -0.2) is 0 Å². The van der Waals surface area contributed by atoms with Crippen molar-refractivity contribution in [3.05, 3.63) is 28.3 Å². The Morgan fingerprint density at radius 2 is 1.95 bits per heavy atom. The van der Waals surface area contributed by atoms with Gasteiger partial charge in [-0.1, -0.05) is 0 Å². The monoisotopic (exact) mass is 263 g/mol. The molecule has 2 rings (SSSR count). The lowest BCUT2D eigenvalue weighted by Gasteiger charge is -2.44. The first kappa shape index (κ1) is 14.4. The molecule has 19 heavy (non-hydrogen) atoms. The first-order valence-electron chi connectivity index (χ1n) is 6.99. The van der Waals surface area contributed by atoms with Crippen LogP contribution >= 0.6 is 0 Å². The van der Waals surface area contributed by atoms with Crippen LogP contribution in [0.3, 0.4) is 0 Å². The van der Waals surface area contributed by atoms with Gasteiger partial charge < -0.3 is 15.2 Å². The van der Waals surface area contributed by atoms with Crippen LogP contribution in [0.5, 0.6) is 5.75 Å². The van der Waals surface area contributed by atoms with E-state index in [-0.39, 0.29) is 5.41 Å². The van der Waals surface area contributed by atoms with Gasteiger partial charge in [0.1, 0.15) is 5.75 Å². The normalized spacial score (nSPS) is 17.1. The molecule has 1 aliphatic rings.